The maximum absolute atomic E-state index is 13.7. The third kappa shape index (κ3) is 6.64. The van der Waals surface area contributed by atoms with Crippen molar-refractivity contribution in [2.24, 2.45) is 5.92 Å². The van der Waals surface area contributed by atoms with Gasteiger partial charge in [0.25, 0.3) is 5.56 Å². The van der Waals surface area contributed by atoms with Gasteiger partial charge < -0.3 is 19.1 Å². The van der Waals surface area contributed by atoms with Gasteiger partial charge in [-0.25, -0.2) is 13.8 Å². The Hall–Kier alpha value is -2.02. The molecule has 1 saturated heterocycles. The summed E-state index contributed by atoms with van der Waals surface area (Å²) in [7, 11) is -4.16. The molecule has 0 radical (unpaired) electrons. The van der Waals surface area contributed by atoms with E-state index in [0.717, 1.165) is 29.0 Å². The van der Waals surface area contributed by atoms with Gasteiger partial charge in [0.1, 0.15) is 23.8 Å². The molecule has 0 spiro atoms. The summed E-state index contributed by atoms with van der Waals surface area (Å²) in [5.74, 6) is -2.30. The number of nitrogens with zero attached hydrogens (tertiary/aromatic N) is 1. The van der Waals surface area contributed by atoms with E-state index in [1.165, 1.54) is 19.1 Å². The maximum atomic E-state index is 13.7. The van der Waals surface area contributed by atoms with E-state index >= 15 is 0 Å². The fourth-order valence-corrected chi connectivity index (χ4v) is 6.18. The summed E-state index contributed by atoms with van der Waals surface area (Å²) in [6, 6.07) is 5.92. The van der Waals surface area contributed by atoms with E-state index < -0.39 is 71.5 Å². The van der Waals surface area contributed by atoms with E-state index in [0.29, 0.717) is 0 Å². The Kier molecular flexibility index (Phi) is 9.18. The van der Waals surface area contributed by atoms with Crippen molar-refractivity contribution in [1.29, 1.82) is 0 Å². The van der Waals surface area contributed by atoms with Crippen LogP contribution in [0.2, 0.25) is 0 Å². The van der Waals surface area contributed by atoms with Gasteiger partial charge in [0, 0.05) is 18.3 Å². The monoisotopic (exact) mass is 612 g/mol. The Balaban J connectivity index is 1.82. The van der Waals surface area contributed by atoms with E-state index in [4.69, 9.17) is 30.1 Å². The molecule has 2 heterocycles. The highest BCUT2D eigenvalue weighted by atomic mass is 79.9. The molecule has 0 unspecified atom stereocenters. The van der Waals surface area contributed by atoms with Gasteiger partial charge in [0.05, 0.1) is 25.3 Å². The predicted molar refractivity (Wildman–Crippen MR) is 130 cm³/mol. The molecule has 0 bridgehead atoms. The Bertz CT molecular complexity index is 1260. The number of aromatic amines is 1. The van der Waals surface area contributed by atoms with E-state index in [1.807, 2.05) is 0 Å². The molecule has 0 saturated carbocycles. The van der Waals surface area contributed by atoms with Gasteiger partial charge in [0.2, 0.25) is 0 Å². The maximum Gasteiger partial charge on any atom is 0.380 e. The standard InChI is InChI=1S/C21H24BrClFN2O9P/c1-3-32-18(29)12(2)11-36(31,35-14-6-4-5-13(24)9-14)33-10-15-17(28)21(22,23)19(34-15)26-8-7-16(27)25-20(26)30/h4-9,12,15,17,19,28H,3,10-11H2,1-2H3,(H,25,27,30)/t12-,15-,17-,19-,21+,36-/m1/s1. The average molecular weight is 614 g/mol. The van der Waals surface area contributed by atoms with Crippen LogP contribution < -0.4 is 15.8 Å². The second-order valence-corrected chi connectivity index (χ2v) is 12.4. The van der Waals surface area contributed by atoms with Crippen molar-refractivity contribution >= 4 is 41.1 Å². The van der Waals surface area contributed by atoms with Gasteiger partial charge in [0.15, 0.2) is 10.0 Å². The SMILES string of the molecule is CCOC(=O)[C@H](C)C[P@@](=O)(OC[C@H]1O[C@@H](n2ccc(=O)[nH]c2=O)[C@](Cl)(Br)[C@@H]1O)Oc1cccc(F)c1. The lowest BCUT2D eigenvalue weighted by atomic mass is 10.2. The first kappa shape index (κ1) is 28.5. The van der Waals surface area contributed by atoms with Gasteiger partial charge in [-0.2, -0.15) is 0 Å². The number of hydrogen-bond acceptors (Lipinski definition) is 9. The molecule has 1 aliphatic rings. The Morgan fingerprint density at radius 3 is 2.78 bits per heavy atom. The lowest BCUT2D eigenvalue weighted by Gasteiger charge is -2.25. The van der Waals surface area contributed by atoms with Crippen molar-refractivity contribution in [3.63, 3.8) is 0 Å². The molecule has 1 aliphatic heterocycles. The quantitative estimate of drug-likeness (QED) is 0.235. The highest BCUT2D eigenvalue weighted by molar-refractivity contribution is 9.10. The van der Waals surface area contributed by atoms with Gasteiger partial charge in [-0.1, -0.05) is 40.5 Å². The van der Waals surface area contributed by atoms with Gasteiger partial charge >= 0.3 is 19.3 Å². The third-order valence-electron chi connectivity index (χ3n) is 5.15. The molecule has 198 valence electrons. The number of esters is 1. The van der Waals surface area contributed by atoms with Crippen LogP contribution in [-0.2, 0) is 23.4 Å². The normalized spacial score (nSPS) is 26.2. The molecule has 1 fully saturated rings. The summed E-state index contributed by atoms with van der Waals surface area (Å²) < 4.78 is 48.2. The number of nitrogens with one attached hydrogen (secondary N) is 1. The fraction of sp³-hybridized carbons (Fsp3) is 0.476. The van der Waals surface area contributed by atoms with Crippen molar-refractivity contribution in [2.45, 2.75) is 36.1 Å². The Labute approximate surface area is 218 Å². The van der Waals surface area contributed by atoms with E-state index in [9.17, 15) is 28.4 Å². The third-order valence-corrected chi connectivity index (χ3v) is 8.44. The minimum absolute atomic E-state index is 0.105. The number of aromatic nitrogens is 2. The molecule has 2 aromatic rings. The molecule has 11 nitrogen and oxygen atoms in total. The zero-order valence-corrected chi connectivity index (χ0v) is 22.4. The van der Waals surface area contributed by atoms with Gasteiger partial charge in [-0.05, 0) is 19.1 Å². The fourth-order valence-electron chi connectivity index (χ4n) is 3.40. The van der Waals surface area contributed by atoms with Crippen LogP contribution in [0.1, 0.15) is 20.1 Å². The van der Waals surface area contributed by atoms with Gasteiger partial charge in [-0.15, -0.1) is 0 Å². The number of benzene rings is 1. The van der Waals surface area contributed by atoms with Crippen molar-refractivity contribution < 1.29 is 37.4 Å². The highest BCUT2D eigenvalue weighted by Gasteiger charge is 2.55. The first-order valence-electron chi connectivity index (χ1n) is 10.7. The number of aliphatic hydroxyl groups is 1. The molecule has 3 rings (SSSR count). The Morgan fingerprint density at radius 1 is 1.42 bits per heavy atom. The molecule has 15 heteroatoms. The number of carbonyl (C=O) groups excluding carboxylic acids is 1. The smallest absolute Gasteiger partial charge is 0.380 e. The molecular weight excluding hydrogens is 590 g/mol. The van der Waals surface area contributed by atoms with Crippen LogP contribution in [-0.4, -0.2) is 56.0 Å². The minimum atomic E-state index is -4.16. The summed E-state index contributed by atoms with van der Waals surface area (Å²) in [6.07, 6.45) is -3.30. The van der Waals surface area contributed by atoms with Crippen LogP contribution in [0, 0.1) is 11.7 Å². The summed E-state index contributed by atoms with van der Waals surface area (Å²) in [6.45, 7) is 2.64. The van der Waals surface area contributed by atoms with Crippen LogP contribution in [0.4, 0.5) is 4.39 Å². The number of aliphatic hydroxyl groups excluding tert-OH is 1. The van der Waals surface area contributed by atoms with E-state index in [1.54, 1.807) is 6.92 Å². The minimum Gasteiger partial charge on any atom is -0.466 e. The van der Waals surface area contributed by atoms with Crippen LogP contribution in [0.25, 0.3) is 0 Å². The van der Waals surface area contributed by atoms with Crippen molar-refractivity contribution in [3.05, 3.63) is 63.2 Å². The summed E-state index contributed by atoms with van der Waals surface area (Å²) in [4.78, 5) is 37.8. The topological polar surface area (TPSA) is 146 Å². The van der Waals surface area contributed by atoms with Crippen LogP contribution in [0.15, 0.2) is 46.1 Å². The number of ether oxygens (including phenoxy) is 2. The molecule has 6 atom stereocenters. The van der Waals surface area contributed by atoms with E-state index in [2.05, 4.69) is 20.9 Å². The zero-order valence-electron chi connectivity index (χ0n) is 19.1. The largest absolute Gasteiger partial charge is 0.466 e. The number of rotatable bonds is 10. The molecule has 2 N–H and O–H groups in total. The van der Waals surface area contributed by atoms with Crippen molar-refractivity contribution in [1.82, 2.24) is 9.55 Å². The number of hydrogen-bond donors (Lipinski definition) is 2. The lowest BCUT2D eigenvalue weighted by molar-refractivity contribution is -0.146. The summed E-state index contributed by atoms with van der Waals surface area (Å²) in [5.41, 5.74) is -1.48. The van der Waals surface area contributed by atoms with Gasteiger partial charge in [-0.3, -0.25) is 23.7 Å². The highest BCUT2D eigenvalue weighted by Crippen LogP contribution is 2.52. The first-order chi connectivity index (χ1) is 16.9. The Morgan fingerprint density at radius 2 is 2.14 bits per heavy atom. The second-order valence-electron chi connectivity index (χ2n) is 7.95. The molecule has 36 heavy (non-hydrogen) atoms. The molecular formula is C21H24BrClFN2O9P. The molecule has 1 aromatic carbocycles. The molecule has 0 amide bonds. The predicted octanol–water partition coefficient (Wildman–Crippen LogP) is 2.75. The summed E-state index contributed by atoms with van der Waals surface area (Å²) in [5, 5.41) is 10.7. The first-order valence-corrected chi connectivity index (χ1v) is 13.6. The number of H-pyrrole nitrogens is 1. The van der Waals surface area contributed by atoms with Crippen LogP contribution in [0.3, 0.4) is 0 Å². The second kappa shape index (κ2) is 11.6. The van der Waals surface area contributed by atoms with Crippen molar-refractivity contribution in [3.8, 4) is 5.75 Å². The number of alkyl halides is 2. The average Bonchev–Trinajstić information content (AvgIpc) is 3.01. The van der Waals surface area contributed by atoms with Crippen LogP contribution >= 0.6 is 35.1 Å². The number of carbonyl (C=O) groups is 1. The summed E-state index contributed by atoms with van der Waals surface area (Å²) >= 11 is 9.56. The van der Waals surface area contributed by atoms with Crippen molar-refractivity contribution in [2.75, 3.05) is 19.4 Å². The van der Waals surface area contributed by atoms with Crippen LogP contribution in [0.5, 0.6) is 5.75 Å². The number of halogens is 3. The molecule has 0 aliphatic carbocycles. The lowest BCUT2D eigenvalue weighted by Crippen LogP contribution is -2.40. The molecule has 1 aromatic heterocycles. The zero-order chi connectivity index (χ0) is 26.7. The van der Waals surface area contributed by atoms with E-state index in [-0.39, 0.29) is 12.4 Å².